The molecule has 0 aliphatic heterocycles. The fourth-order valence-corrected chi connectivity index (χ4v) is 5.60. The van der Waals surface area contributed by atoms with E-state index >= 15 is 0 Å². The number of hydrogen-bond donors (Lipinski definition) is 0. The van der Waals surface area contributed by atoms with Gasteiger partial charge in [0, 0.05) is 18.0 Å². The Morgan fingerprint density at radius 1 is 0.844 bits per heavy atom. The maximum Gasteiger partial charge on any atom is 0.182 e. The number of rotatable bonds is 6. The van der Waals surface area contributed by atoms with Crippen molar-refractivity contribution in [1.29, 1.82) is 0 Å². The Balaban J connectivity index is 1.35. The molecule has 158 valence electrons. The van der Waals surface area contributed by atoms with Crippen LogP contribution in [0.5, 0.6) is 11.5 Å². The fraction of sp³-hybridized carbons (Fsp3) is 0.0400. The molecule has 0 radical (unpaired) electrons. The Hall–Kier alpha value is -3.55. The first-order valence-corrected chi connectivity index (χ1v) is 12.4. The Morgan fingerprint density at radius 2 is 1.62 bits per heavy atom. The van der Waals surface area contributed by atoms with Crippen molar-refractivity contribution in [1.82, 2.24) is 9.97 Å². The summed E-state index contributed by atoms with van der Waals surface area (Å²) in [6.07, 6.45) is 3.50. The predicted octanol–water partition coefficient (Wildman–Crippen LogP) is 6.12. The molecule has 0 aliphatic carbocycles. The smallest absolute Gasteiger partial charge is 0.182 e. The summed E-state index contributed by atoms with van der Waals surface area (Å²) in [5.41, 5.74) is 2.49. The number of benzene rings is 3. The van der Waals surface area contributed by atoms with Gasteiger partial charge in [-0.1, -0.05) is 36.4 Å². The summed E-state index contributed by atoms with van der Waals surface area (Å²) < 4.78 is 32.7. The van der Waals surface area contributed by atoms with Crippen molar-refractivity contribution in [3.63, 3.8) is 0 Å². The highest BCUT2D eigenvalue weighted by molar-refractivity contribution is 7.90. The number of aromatic nitrogens is 2. The van der Waals surface area contributed by atoms with Crippen molar-refractivity contribution in [3.05, 3.63) is 103 Å². The summed E-state index contributed by atoms with van der Waals surface area (Å²) in [6, 6.07) is 25.3. The number of nitrogens with zero attached hydrogens (tertiary/aromatic N) is 2. The third kappa shape index (κ3) is 4.39. The minimum Gasteiger partial charge on any atom is -0.457 e. The van der Waals surface area contributed by atoms with Gasteiger partial charge < -0.3 is 4.74 Å². The highest BCUT2D eigenvalue weighted by Gasteiger charge is 2.17. The zero-order chi connectivity index (χ0) is 22.0. The molecule has 2 heterocycles. The minimum absolute atomic E-state index is 0.0911. The van der Waals surface area contributed by atoms with Gasteiger partial charge in [0.2, 0.25) is 0 Å². The molecule has 32 heavy (non-hydrogen) atoms. The van der Waals surface area contributed by atoms with Crippen LogP contribution in [0.1, 0.15) is 5.56 Å². The molecule has 0 atom stereocenters. The van der Waals surface area contributed by atoms with Crippen molar-refractivity contribution in [2.75, 3.05) is 0 Å². The van der Waals surface area contributed by atoms with Gasteiger partial charge in [-0.25, -0.2) is 13.4 Å². The third-order valence-corrected chi connectivity index (χ3v) is 7.64. The molecular weight excluding hydrogens is 440 g/mol. The minimum atomic E-state index is -3.51. The molecular formula is C25H18N2O3S2. The molecule has 5 rings (SSSR count). The maximum absolute atomic E-state index is 13.0. The summed E-state index contributed by atoms with van der Waals surface area (Å²) in [7, 11) is -3.51. The van der Waals surface area contributed by atoms with Crippen LogP contribution in [0, 0.1) is 0 Å². The van der Waals surface area contributed by atoms with Crippen molar-refractivity contribution in [2.45, 2.75) is 10.6 Å². The second-order valence-corrected chi connectivity index (χ2v) is 10.2. The summed E-state index contributed by atoms with van der Waals surface area (Å²) in [5, 5.41) is 0.842. The Bertz CT molecular complexity index is 1450. The van der Waals surface area contributed by atoms with E-state index in [1.54, 1.807) is 36.7 Å². The van der Waals surface area contributed by atoms with E-state index in [9.17, 15) is 8.42 Å². The summed E-state index contributed by atoms with van der Waals surface area (Å²) in [5.74, 6) is 1.19. The van der Waals surface area contributed by atoms with E-state index in [0.29, 0.717) is 17.1 Å². The van der Waals surface area contributed by atoms with E-state index in [4.69, 9.17) is 4.74 Å². The molecule has 7 heteroatoms. The van der Waals surface area contributed by atoms with Crippen molar-refractivity contribution >= 4 is 31.4 Å². The average Bonchev–Trinajstić information content (AvgIpc) is 3.25. The van der Waals surface area contributed by atoms with Gasteiger partial charge >= 0.3 is 0 Å². The first-order chi connectivity index (χ1) is 15.6. The molecule has 0 unspecified atom stereocenters. The van der Waals surface area contributed by atoms with E-state index in [2.05, 4.69) is 9.97 Å². The standard InChI is InChI=1S/C25H18N2O3S2/c28-32(29,22-11-9-21(10-12-22)30-20-7-2-1-3-8-20)17-18-5-4-6-19(15-18)25-27-23-13-14-26-16-24(23)31-25/h1-16H,17H2. The molecule has 0 fully saturated rings. The number of sulfone groups is 1. The van der Waals surface area contributed by atoms with Gasteiger partial charge in [0.25, 0.3) is 0 Å². The zero-order valence-corrected chi connectivity index (χ0v) is 18.5. The summed E-state index contributed by atoms with van der Waals surface area (Å²) >= 11 is 1.54. The largest absolute Gasteiger partial charge is 0.457 e. The molecule has 0 N–H and O–H groups in total. The lowest BCUT2D eigenvalue weighted by Gasteiger charge is -2.08. The highest BCUT2D eigenvalue weighted by Crippen LogP contribution is 2.31. The molecule has 0 amide bonds. The third-order valence-electron chi connectivity index (χ3n) is 4.88. The van der Waals surface area contributed by atoms with E-state index in [-0.39, 0.29) is 10.6 Å². The first kappa shape index (κ1) is 20.4. The molecule has 0 bridgehead atoms. The Kier molecular flexibility index (Phi) is 5.43. The molecule has 0 saturated heterocycles. The number of ether oxygens (including phenoxy) is 1. The van der Waals surface area contributed by atoms with Gasteiger partial charge in [0.1, 0.15) is 16.5 Å². The van der Waals surface area contributed by atoms with E-state index in [1.807, 2.05) is 60.7 Å². The van der Waals surface area contributed by atoms with Gasteiger partial charge in [-0.2, -0.15) is 0 Å². The Labute approximate surface area is 189 Å². The molecule has 0 saturated carbocycles. The number of pyridine rings is 1. The normalized spacial score (nSPS) is 11.5. The van der Waals surface area contributed by atoms with Crippen LogP contribution < -0.4 is 4.74 Å². The average molecular weight is 459 g/mol. The van der Waals surface area contributed by atoms with Gasteiger partial charge in [0.05, 0.1) is 20.9 Å². The first-order valence-electron chi connectivity index (χ1n) is 9.92. The molecule has 5 nitrogen and oxygen atoms in total. The number of para-hydroxylation sites is 1. The van der Waals surface area contributed by atoms with Gasteiger partial charge in [-0.05, 0) is 54.1 Å². The molecule has 0 aliphatic rings. The van der Waals surface area contributed by atoms with Crippen molar-refractivity contribution < 1.29 is 13.2 Å². The van der Waals surface area contributed by atoms with Gasteiger partial charge in [-0.15, -0.1) is 11.3 Å². The lowest BCUT2D eigenvalue weighted by molar-refractivity contribution is 0.482. The summed E-state index contributed by atoms with van der Waals surface area (Å²) in [6.45, 7) is 0. The molecule has 2 aromatic heterocycles. The van der Waals surface area contributed by atoms with Crippen LogP contribution in [0.4, 0.5) is 0 Å². The lowest BCUT2D eigenvalue weighted by Crippen LogP contribution is -2.05. The van der Waals surface area contributed by atoms with Crippen LogP contribution >= 0.6 is 11.3 Å². The maximum atomic E-state index is 13.0. The van der Waals surface area contributed by atoms with Gasteiger partial charge in [-0.3, -0.25) is 4.98 Å². The lowest BCUT2D eigenvalue weighted by atomic mass is 10.1. The van der Waals surface area contributed by atoms with Crippen LogP contribution in [0.25, 0.3) is 20.8 Å². The van der Waals surface area contributed by atoms with Crippen molar-refractivity contribution in [2.24, 2.45) is 0 Å². The topological polar surface area (TPSA) is 69.2 Å². The van der Waals surface area contributed by atoms with Crippen molar-refractivity contribution in [3.8, 4) is 22.1 Å². The predicted molar refractivity (Wildman–Crippen MR) is 127 cm³/mol. The van der Waals surface area contributed by atoms with E-state index in [0.717, 1.165) is 20.8 Å². The zero-order valence-electron chi connectivity index (χ0n) is 16.9. The van der Waals surface area contributed by atoms with Crippen LogP contribution in [-0.4, -0.2) is 18.4 Å². The summed E-state index contributed by atoms with van der Waals surface area (Å²) in [4.78, 5) is 9.03. The number of fused-ring (bicyclic) bond motifs is 1. The second kappa shape index (κ2) is 8.53. The number of hydrogen-bond acceptors (Lipinski definition) is 6. The van der Waals surface area contributed by atoms with E-state index < -0.39 is 9.84 Å². The van der Waals surface area contributed by atoms with Crippen LogP contribution in [-0.2, 0) is 15.6 Å². The van der Waals surface area contributed by atoms with Crippen LogP contribution in [0.3, 0.4) is 0 Å². The molecule has 3 aromatic carbocycles. The highest BCUT2D eigenvalue weighted by atomic mass is 32.2. The van der Waals surface area contributed by atoms with Crippen LogP contribution in [0.2, 0.25) is 0 Å². The fourth-order valence-electron chi connectivity index (χ4n) is 3.34. The molecule has 5 aromatic rings. The molecule has 0 spiro atoms. The quantitative estimate of drug-likeness (QED) is 0.306. The SMILES string of the molecule is O=S(=O)(Cc1cccc(-c2nc3ccncc3s2)c1)c1ccc(Oc2ccccc2)cc1. The Morgan fingerprint density at radius 3 is 2.41 bits per heavy atom. The van der Waals surface area contributed by atoms with E-state index in [1.165, 1.54) is 11.3 Å². The second-order valence-electron chi connectivity index (χ2n) is 7.21. The van der Waals surface area contributed by atoms with Crippen LogP contribution in [0.15, 0.2) is 102 Å². The van der Waals surface area contributed by atoms with Gasteiger partial charge in [0.15, 0.2) is 9.84 Å². The monoisotopic (exact) mass is 458 g/mol. The number of thiazole rings is 1.